The molecule has 0 unspecified atom stereocenters. The lowest BCUT2D eigenvalue weighted by atomic mass is 9.72. The molecule has 1 aromatic carbocycles. The zero-order valence-corrected chi connectivity index (χ0v) is 16.4. The van der Waals surface area contributed by atoms with E-state index < -0.39 is 0 Å². The first-order valence-corrected chi connectivity index (χ1v) is 9.97. The van der Waals surface area contributed by atoms with Crippen molar-refractivity contribution in [1.29, 1.82) is 0 Å². The number of methoxy groups -OCH3 is 1. The second-order valence-corrected chi connectivity index (χ2v) is 7.26. The van der Waals surface area contributed by atoms with Crippen LogP contribution in [0.3, 0.4) is 0 Å². The topological polar surface area (TPSA) is 65.9 Å². The molecule has 0 saturated heterocycles. The highest BCUT2D eigenvalue weighted by molar-refractivity contribution is 5.79. The number of aliphatic hydroxyl groups excluding tert-OH is 1. The van der Waals surface area contributed by atoms with Crippen molar-refractivity contribution in [1.82, 2.24) is 10.6 Å². The summed E-state index contributed by atoms with van der Waals surface area (Å²) in [5.41, 5.74) is 1.43. The van der Waals surface area contributed by atoms with Crippen LogP contribution >= 0.6 is 0 Å². The molecule has 1 aliphatic carbocycles. The quantitative estimate of drug-likeness (QED) is 0.467. The molecule has 0 aromatic heterocycles. The lowest BCUT2D eigenvalue weighted by Crippen LogP contribution is -2.40. The van der Waals surface area contributed by atoms with Crippen LogP contribution in [0.25, 0.3) is 0 Å². The Morgan fingerprint density at radius 1 is 1.23 bits per heavy atom. The summed E-state index contributed by atoms with van der Waals surface area (Å²) in [5.74, 6) is 1.77. The zero-order valence-electron chi connectivity index (χ0n) is 16.4. The van der Waals surface area contributed by atoms with Crippen molar-refractivity contribution in [3.8, 4) is 5.75 Å². The number of benzene rings is 1. The van der Waals surface area contributed by atoms with Gasteiger partial charge in [0.25, 0.3) is 0 Å². The van der Waals surface area contributed by atoms with Gasteiger partial charge in [0.05, 0.1) is 7.11 Å². The number of nitrogens with one attached hydrogen (secondary N) is 2. The summed E-state index contributed by atoms with van der Waals surface area (Å²) in [6.07, 6.45) is 7.98. The second kappa shape index (κ2) is 11.1. The number of hydrogen-bond donors (Lipinski definition) is 3. The molecule has 0 atom stereocenters. The maximum absolute atomic E-state index is 9.47. The van der Waals surface area contributed by atoms with Crippen LogP contribution in [0.4, 0.5) is 0 Å². The summed E-state index contributed by atoms with van der Waals surface area (Å²) >= 11 is 0. The Balaban J connectivity index is 1.90. The van der Waals surface area contributed by atoms with Gasteiger partial charge in [-0.25, -0.2) is 0 Å². The third-order valence-electron chi connectivity index (χ3n) is 5.31. The van der Waals surface area contributed by atoms with Crippen LogP contribution in [-0.2, 0) is 6.42 Å². The van der Waals surface area contributed by atoms with Gasteiger partial charge in [0, 0.05) is 26.2 Å². The fourth-order valence-corrected chi connectivity index (χ4v) is 3.77. The number of aliphatic hydroxyl groups is 1. The van der Waals surface area contributed by atoms with E-state index in [1.54, 1.807) is 7.11 Å². The molecule has 5 nitrogen and oxygen atoms in total. The maximum Gasteiger partial charge on any atom is 0.191 e. The first-order chi connectivity index (χ1) is 12.7. The molecule has 26 heavy (non-hydrogen) atoms. The monoisotopic (exact) mass is 361 g/mol. The molecule has 0 amide bonds. The standard InChI is InChI=1S/C21H35N3O2/c1-3-22-20(23-14-10-18-8-7-9-19(16-18)26-2)24-17-21(13-15-25)11-5-4-6-12-21/h7-9,16,25H,3-6,10-15,17H2,1-2H3,(H2,22,23,24). The SMILES string of the molecule is CCNC(=NCC1(CCO)CCCCC1)NCCc1cccc(OC)c1. The highest BCUT2D eigenvalue weighted by atomic mass is 16.5. The van der Waals surface area contributed by atoms with Crippen molar-refractivity contribution >= 4 is 5.96 Å². The molecule has 1 aliphatic rings. The number of rotatable bonds is 9. The molecule has 0 heterocycles. The number of nitrogens with zero attached hydrogens (tertiary/aromatic N) is 1. The molecular formula is C21H35N3O2. The third-order valence-corrected chi connectivity index (χ3v) is 5.31. The van der Waals surface area contributed by atoms with E-state index in [1.165, 1.54) is 37.7 Å². The number of aliphatic imine (C=N–C) groups is 1. The van der Waals surface area contributed by atoms with Gasteiger partial charge in [-0.3, -0.25) is 4.99 Å². The molecule has 5 heteroatoms. The van der Waals surface area contributed by atoms with E-state index in [2.05, 4.69) is 29.7 Å². The van der Waals surface area contributed by atoms with E-state index >= 15 is 0 Å². The van der Waals surface area contributed by atoms with Crippen LogP contribution in [-0.4, -0.2) is 44.4 Å². The van der Waals surface area contributed by atoms with Crippen molar-refractivity contribution in [3.63, 3.8) is 0 Å². The number of guanidine groups is 1. The molecule has 146 valence electrons. The van der Waals surface area contributed by atoms with Crippen LogP contribution in [0.1, 0.15) is 51.0 Å². The Kier molecular flexibility index (Phi) is 8.75. The van der Waals surface area contributed by atoms with Gasteiger partial charge in [-0.05, 0) is 55.7 Å². The Morgan fingerprint density at radius 2 is 2.04 bits per heavy atom. The van der Waals surface area contributed by atoms with Crippen LogP contribution in [0.15, 0.2) is 29.3 Å². The molecule has 1 fully saturated rings. The molecule has 0 bridgehead atoms. The van der Waals surface area contributed by atoms with E-state index in [-0.39, 0.29) is 12.0 Å². The average Bonchev–Trinajstić information content (AvgIpc) is 2.67. The van der Waals surface area contributed by atoms with Crippen molar-refractivity contribution in [2.75, 3.05) is 33.4 Å². The van der Waals surface area contributed by atoms with Gasteiger partial charge in [0.1, 0.15) is 5.75 Å². The predicted octanol–water partition coefficient (Wildman–Crippen LogP) is 3.13. The highest BCUT2D eigenvalue weighted by Gasteiger charge is 2.31. The van der Waals surface area contributed by atoms with Crippen molar-refractivity contribution in [3.05, 3.63) is 29.8 Å². The summed E-state index contributed by atoms with van der Waals surface area (Å²) in [4.78, 5) is 4.85. The molecule has 0 radical (unpaired) electrons. The minimum Gasteiger partial charge on any atom is -0.497 e. The Hall–Kier alpha value is -1.75. The minimum atomic E-state index is 0.183. The van der Waals surface area contributed by atoms with E-state index in [9.17, 15) is 5.11 Å². The van der Waals surface area contributed by atoms with Crippen LogP contribution in [0, 0.1) is 5.41 Å². The first-order valence-electron chi connectivity index (χ1n) is 9.97. The summed E-state index contributed by atoms with van der Waals surface area (Å²) in [7, 11) is 1.70. The summed E-state index contributed by atoms with van der Waals surface area (Å²) in [5, 5.41) is 16.3. The molecule has 1 saturated carbocycles. The van der Waals surface area contributed by atoms with Crippen molar-refractivity contribution < 1.29 is 9.84 Å². The van der Waals surface area contributed by atoms with Gasteiger partial charge in [0.15, 0.2) is 5.96 Å². The Bertz CT molecular complexity index is 548. The Morgan fingerprint density at radius 3 is 2.73 bits per heavy atom. The summed E-state index contributed by atoms with van der Waals surface area (Å²) in [6, 6.07) is 8.18. The normalized spacial score (nSPS) is 17.0. The van der Waals surface area contributed by atoms with Crippen molar-refractivity contribution in [2.45, 2.75) is 51.9 Å². The smallest absolute Gasteiger partial charge is 0.191 e. The molecule has 2 rings (SSSR count). The van der Waals surface area contributed by atoms with Gasteiger partial charge < -0.3 is 20.5 Å². The van der Waals surface area contributed by atoms with Crippen molar-refractivity contribution in [2.24, 2.45) is 10.4 Å². The van der Waals surface area contributed by atoms with Gasteiger partial charge >= 0.3 is 0 Å². The average molecular weight is 362 g/mol. The van der Waals surface area contributed by atoms with E-state index in [0.29, 0.717) is 0 Å². The van der Waals surface area contributed by atoms with E-state index in [1.807, 2.05) is 12.1 Å². The summed E-state index contributed by atoms with van der Waals surface area (Å²) < 4.78 is 5.28. The minimum absolute atomic E-state index is 0.183. The Labute approximate surface area is 158 Å². The van der Waals surface area contributed by atoms with Gasteiger partial charge in [-0.1, -0.05) is 31.4 Å². The molecule has 3 N–H and O–H groups in total. The lowest BCUT2D eigenvalue weighted by Gasteiger charge is -2.35. The second-order valence-electron chi connectivity index (χ2n) is 7.26. The van der Waals surface area contributed by atoms with E-state index in [0.717, 1.165) is 44.2 Å². The fraction of sp³-hybridized carbons (Fsp3) is 0.667. The fourth-order valence-electron chi connectivity index (χ4n) is 3.77. The zero-order chi connectivity index (χ0) is 18.7. The third kappa shape index (κ3) is 6.52. The number of ether oxygens (including phenoxy) is 1. The largest absolute Gasteiger partial charge is 0.497 e. The molecule has 0 spiro atoms. The number of hydrogen-bond acceptors (Lipinski definition) is 3. The molecule has 0 aliphatic heterocycles. The van der Waals surface area contributed by atoms with Gasteiger partial charge in [0.2, 0.25) is 0 Å². The molecular weight excluding hydrogens is 326 g/mol. The van der Waals surface area contributed by atoms with Crippen LogP contribution in [0.5, 0.6) is 5.75 Å². The van der Waals surface area contributed by atoms with E-state index in [4.69, 9.17) is 9.73 Å². The maximum atomic E-state index is 9.47. The summed E-state index contributed by atoms with van der Waals surface area (Å²) in [6.45, 7) is 4.81. The molecule has 1 aromatic rings. The van der Waals surface area contributed by atoms with Gasteiger partial charge in [-0.2, -0.15) is 0 Å². The van der Waals surface area contributed by atoms with Crippen LogP contribution in [0.2, 0.25) is 0 Å². The van der Waals surface area contributed by atoms with Gasteiger partial charge in [-0.15, -0.1) is 0 Å². The predicted molar refractivity (Wildman–Crippen MR) is 108 cm³/mol. The first kappa shape index (κ1) is 20.6. The lowest BCUT2D eigenvalue weighted by molar-refractivity contribution is 0.137. The van der Waals surface area contributed by atoms with Crippen LogP contribution < -0.4 is 15.4 Å². The highest BCUT2D eigenvalue weighted by Crippen LogP contribution is 2.39.